The SMILES string of the molecule is CCC/C=C/CCC(C(=O)OC)C(=O)OC. The van der Waals surface area contributed by atoms with Gasteiger partial charge in [-0.2, -0.15) is 0 Å². The van der Waals surface area contributed by atoms with Gasteiger partial charge in [-0.05, 0) is 19.3 Å². The van der Waals surface area contributed by atoms with E-state index in [0.717, 1.165) is 12.8 Å². The summed E-state index contributed by atoms with van der Waals surface area (Å²) in [7, 11) is 2.54. The van der Waals surface area contributed by atoms with E-state index in [1.165, 1.54) is 14.2 Å². The Balaban J connectivity index is 4.12. The summed E-state index contributed by atoms with van der Waals surface area (Å²) in [5.41, 5.74) is 0. The quantitative estimate of drug-likeness (QED) is 0.380. The number of hydrogen-bond donors (Lipinski definition) is 0. The van der Waals surface area contributed by atoms with Crippen molar-refractivity contribution in [3.05, 3.63) is 12.2 Å². The maximum absolute atomic E-state index is 11.3. The van der Waals surface area contributed by atoms with Crippen molar-refractivity contribution in [3.8, 4) is 0 Å². The van der Waals surface area contributed by atoms with E-state index in [-0.39, 0.29) is 0 Å². The summed E-state index contributed by atoms with van der Waals surface area (Å²) in [6, 6.07) is 0. The Morgan fingerprint density at radius 2 is 1.56 bits per heavy atom. The lowest BCUT2D eigenvalue weighted by Crippen LogP contribution is -2.26. The van der Waals surface area contributed by atoms with Gasteiger partial charge in [0.15, 0.2) is 5.92 Å². The van der Waals surface area contributed by atoms with E-state index in [0.29, 0.717) is 12.8 Å². The van der Waals surface area contributed by atoms with Crippen LogP contribution in [-0.4, -0.2) is 26.2 Å². The number of hydrogen-bond acceptors (Lipinski definition) is 4. The highest BCUT2D eigenvalue weighted by molar-refractivity contribution is 5.94. The van der Waals surface area contributed by atoms with Gasteiger partial charge in [-0.1, -0.05) is 25.5 Å². The van der Waals surface area contributed by atoms with Crippen LogP contribution < -0.4 is 0 Å². The average Bonchev–Trinajstić information content (AvgIpc) is 2.32. The molecule has 0 radical (unpaired) electrons. The third-order valence-electron chi connectivity index (χ3n) is 2.22. The maximum Gasteiger partial charge on any atom is 0.320 e. The summed E-state index contributed by atoms with van der Waals surface area (Å²) < 4.78 is 9.10. The topological polar surface area (TPSA) is 52.6 Å². The summed E-state index contributed by atoms with van der Waals surface area (Å²) in [4.78, 5) is 22.6. The molecule has 92 valence electrons. The van der Waals surface area contributed by atoms with E-state index in [1.807, 2.05) is 12.2 Å². The Hall–Kier alpha value is -1.32. The monoisotopic (exact) mass is 228 g/mol. The molecule has 0 heterocycles. The summed E-state index contributed by atoms with van der Waals surface area (Å²) in [6.45, 7) is 2.09. The zero-order valence-corrected chi connectivity index (χ0v) is 10.2. The molecule has 0 rings (SSSR count). The molecule has 0 aromatic carbocycles. The van der Waals surface area contributed by atoms with Crippen molar-refractivity contribution in [2.45, 2.75) is 32.6 Å². The van der Waals surface area contributed by atoms with Gasteiger partial charge in [0.25, 0.3) is 0 Å². The molecule has 0 aromatic rings. The summed E-state index contributed by atoms with van der Waals surface area (Å²) >= 11 is 0. The second-order valence-electron chi connectivity index (χ2n) is 3.44. The number of allylic oxidation sites excluding steroid dienone is 2. The van der Waals surface area contributed by atoms with Crippen LogP contribution in [-0.2, 0) is 19.1 Å². The molecule has 0 aliphatic carbocycles. The van der Waals surface area contributed by atoms with Gasteiger partial charge in [0.2, 0.25) is 0 Å². The fraction of sp³-hybridized carbons (Fsp3) is 0.667. The number of unbranched alkanes of at least 4 members (excludes halogenated alkanes) is 1. The van der Waals surface area contributed by atoms with Crippen LogP contribution in [0.5, 0.6) is 0 Å². The smallest absolute Gasteiger partial charge is 0.320 e. The molecular weight excluding hydrogens is 208 g/mol. The number of methoxy groups -OCH3 is 2. The van der Waals surface area contributed by atoms with Crippen LogP contribution in [0.3, 0.4) is 0 Å². The molecule has 4 heteroatoms. The molecule has 0 bridgehead atoms. The Morgan fingerprint density at radius 1 is 1.06 bits per heavy atom. The van der Waals surface area contributed by atoms with Crippen molar-refractivity contribution in [3.63, 3.8) is 0 Å². The molecule has 0 spiro atoms. The maximum atomic E-state index is 11.3. The fourth-order valence-corrected chi connectivity index (χ4v) is 1.28. The molecule has 0 N–H and O–H groups in total. The second kappa shape index (κ2) is 8.95. The van der Waals surface area contributed by atoms with Crippen LogP contribution in [0.25, 0.3) is 0 Å². The minimum absolute atomic E-state index is 0.430. The van der Waals surface area contributed by atoms with Gasteiger partial charge in [0, 0.05) is 0 Å². The predicted molar refractivity (Wildman–Crippen MR) is 60.8 cm³/mol. The van der Waals surface area contributed by atoms with E-state index >= 15 is 0 Å². The standard InChI is InChI=1S/C12H20O4/c1-4-5-6-7-8-9-10(11(13)15-2)12(14)16-3/h6-7,10H,4-5,8-9H2,1-3H3/b7-6+. The fourth-order valence-electron chi connectivity index (χ4n) is 1.28. The summed E-state index contributed by atoms with van der Waals surface area (Å²) in [5.74, 6) is -1.87. The lowest BCUT2D eigenvalue weighted by atomic mass is 10.0. The summed E-state index contributed by atoms with van der Waals surface area (Å²) in [5, 5.41) is 0. The van der Waals surface area contributed by atoms with Gasteiger partial charge in [-0.25, -0.2) is 0 Å². The van der Waals surface area contributed by atoms with Crippen LogP contribution >= 0.6 is 0 Å². The highest BCUT2D eigenvalue weighted by Crippen LogP contribution is 2.11. The normalized spacial score (nSPS) is 10.8. The van der Waals surface area contributed by atoms with Gasteiger partial charge in [0.1, 0.15) is 0 Å². The number of ether oxygens (including phenoxy) is 2. The van der Waals surface area contributed by atoms with Crippen LogP contribution in [0, 0.1) is 5.92 Å². The van der Waals surface area contributed by atoms with Crippen molar-refractivity contribution >= 4 is 11.9 Å². The summed E-state index contributed by atoms with van der Waals surface area (Å²) in [6.07, 6.45) is 7.23. The Kier molecular flexibility index (Phi) is 8.21. The van der Waals surface area contributed by atoms with E-state index in [9.17, 15) is 9.59 Å². The minimum Gasteiger partial charge on any atom is -0.468 e. The molecule has 0 aromatic heterocycles. The molecule has 0 aliphatic heterocycles. The van der Waals surface area contributed by atoms with Crippen LogP contribution in [0.1, 0.15) is 32.6 Å². The van der Waals surface area contributed by atoms with Crippen molar-refractivity contribution in [1.29, 1.82) is 0 Å². The molecule has 0 saturated heterocycles. The van der Waals surface area contributed by atoms with Gasteiger partial charge >= 0.3 is 11.9 Å². The van der Waals surface area contributed by atoms with Crippen LogP contribution in [0.2, 0.25) is 0 Å². The molecule has 16 heavy (non-hydrogen) atoms. The first kappa shape index (κ1) is 14.7. The lowest BCUT2D eigenvalue weighted by molar-refractivity contribution is -0.159. The molecular formula is C12H20O4. The largest absolute Gasteiger partial charge is 0.468 e. The number of carbonyl (C=O) groups is 2. The molecule has 0 unspecified atom stereocenters. The molecule has 4 nitrogen and oxygen atoms in total. The zero-order valence-electron chi connectivity index (χ0n) is 10.2. The average molecular weight is 228 g/mol. The van der Waals surface area contributed by atoms with E-state index in [2.05, 4.69) is 16.4 Å². The van der Waals surface area contributed by atoms with Crippen molar-refractivity contribution < 1.29 is 19.1 Å². The molecule has 0 amide bonds. The van der Waals surface area contributed by atoms with Gasteiger partial charge in [-0.15, -0.1) is 0 Å². The third-order valence-corrected chi connectivity index (χ3v) is 2.22. The molecule has 0 fully saturated rings. The first-order valence-corrected chi connectivity index (χ1v) is 5.48. The van der Waals surface area contributed by atoms with E-state index in [1.54, 1.807) is 0 Å². The Morgan fingerprint density at radius 3 is 2.00 bits per heavy atom. The van der Waals surface area contributed by atoms with Gasteiger partial charge in [0.05, 0.1) is 14.2 Å². The van der Waals surface area contributed by atoms with Gasteiger partial charge < -0.3 is 9.47 Å². The highest BCUT2D eigenvalue weighted by atomic mass is 16.5. The first-order valence-electron chi connectivity index (χ1n) is 5.48. The van der Waals surface area contributed by atoms with Crippen molar-refractivity contribution in [2.24, 2.45) is 5.92 Å². The second-order valence-corrected chi connectivity index (χ2v) is 3.44. The Labute approximate surface area is 96.6 Å². The number of esters is 2. The lowest BCUT2D eigenvalue weighted by Gasteiger charge is -2.10. The number of carbonyl (C=O) groups excluding carboxylic acids is 2. The molecule has 0 saturated carbocycles. The third kappa shape index (κ3) is 5.53. The molecule has 0 atom stereocenters. The van der Waals surface area contributed by atoms with Crippen LogP contribution in [0.15, 0.2) is 12.2 Å². The highest BCUT2D eigenvalue weighted by Gasteiger charge is 2.27. The minimum atomic E-state index is -0.804. The van der Waals surface area contributed by atoms with E-state index in [4.69, 9.17) is 0 Å². The zero-order chi connectivity index (χ0) is 12.4. The van der Waals surface area contributed by atoms with Crippen LogP contribution in [0.4, 0.5) is 0 Å². The first-order chi connectivity index (χ1) is 7.67. The predicted octanol–water partition coefficient (Wildman–Crippen LogP) is 2.09. The van der Waals surface area contributed by atoms with Crippen molar-refractivity contribution in [1.82, 2.24) is 0 Å². The number of rotatable bonds is 7. The van der Waals surface area contributed by atoms with E-state index < -0.39 is 17.9 Å². The molecule has 0 aliphatic rings. The Bertz CT molecular complexity index is 229. The van der Waals surface area contributed by atoms with Crippen molar-refractivity contribution in [2.75, 3.05) is 14.2 Å². The van der Waals surface area contributed by atoms with Gasteiger partial charge in [-0.3, -0.25) is 9.59 Å².